The highest BCUT2D eigenvalue weighted by Gasteiger charge is 2.25. The van der Waals surface area contributed by atoms with Crippen molar-refractivity contribution in [1.82, 2.24) is 0 Å². The molecule has 1 aromatic rings. The van der Waals surface area contributed by atoms with E-state index < -0.39 is 6.10 Å². The van der Waals surface area contributed by atoms with Crippen LogP contribution in [0.15, 0.2) is 66.5 Å². The normalized spacial score (nSPS) is 17.2. The van der Waals surface area contributed by atoms with Crippen LogP contribution >= 0.6 is 11.6 Å². The van der Waals surface area contributed by atoms with Crippen LogP contribution in [-0.2, 0) is 9.47 Å². The van der Waals surface area contributed by atoms with E-state index in [9.17, 15) is 0 Å². The van der Waals surface area contributed by atoms with Gasteiger partial charge in [-0.25, -0.2) is 0 Å². The molecule has 0 bridgehead atoms. The first-order valence-electron chi connectivity index (χ1n) is 7.17. The first-order chi connectivity index (χ1) is 11.3. The van der Waals surface area contributed by atoms with Crippen molar-refractivity contribution in [2.24, 2.45) is 0 Å². The zero-order valence-electron chi connectivity index (χ0n) is 12.2. The minimum Gasteiger partial charge on any atom is -0.478 e. The number of hydrogen-bond acceptors (Lipinski definition) is 4. The van der Waals surface area contributed by atoms with Gasteiger partial charge in [0.25, 0.3) is 0 Å². The fourth-order valence-electron chi connectivity index (χ4n) is 2.35. The topological polar surface area (TPSA) is 51.5 Å². The average Bonchev–Trinajstić information content (AvgIpc) is 2.61. The van der Waals surface area contributed by atoms with Crippen LogP contribution in [0.3, 0.4) is 0 Å². The highest BCUT2D eigenvalue weighted by molar-refractivity contribution is 6.31. The second-order valence-electron chi connectivity index (χ2n) is 5.01. The summed E-state index contributed by atoms with van der Waals surface area (Å²) in [6, 6.07) is 7.01. The van der Waals surface area contributed by atoms with E-state index in [1.54, 1.807) is 18.2 Å². The van der Waals surface area contributed by atoms with Crippen molar-refractivity contribution in [3.63, 3.8) is 0 Å². The van der Waals surface area contributed by atoms with Crippen LogP contribution in [0.4, 0.5) is 0 Å². The summed E-state index contributed by atoms with van der Waals surface area (Å²) in [5, 5.41) is 9.31. The SMILES string of the molecule is N#Cc1ccc(OC(C2=CC=CCC2)C2=COC=CO2)cc1Cl. The van der Waals surface area contributed by atoms with Crippen molar-refractivity contribution in [3.05, 3.63) is 77.1 Å². The lowest BCUT2D eigenvalue weighted by atomic mass is 9.98. The quantitative estimate of drug-likeness (QED) is 0.811. The lowest BCUT2D eigenvalue weighted by Crippen LogP contribution is -2.24. The Morgan fingerprint density at radius 3 is 2.87 bits per heavy atom. The molecule has 0 N–H and O–H groups in total. The molecule has 4 nitrogen and oxygen atoms in total. The molecule has 0 fully saturated rings. The second kappa shape index (κ2) is 7.08. The third-order valence-corrected chi connectivity index (χ3v) is 3.79. The van der Waals surface area contributed by atoms with E-state index >= 15 is 0 Å². The van der Waals surface area contributed by atoms with Gasteiger partial charge in [0.05, 0.1) is 10.6 Å². The summed E-state index contributed by atoms with van der Waals surface area (Å²) >= 11 is 6.07. The lowest BCUT2D eigenvalue weighted by Gasteiger charge is -2.25. The third kappa shape index (κ3) is 3.58. The minimum atomic E-state index is -0.408. The molecule has 3 rings (SSSR count). The Hall–Kier alpha value is -2.64. The van der Waals surface area contributed by atoms with E-state index in [-0.39, 0.29) is 0 Å². The number of ether oxygens (including phenoxy) is 3. The number of hydrogen-bond donors (Lipinski definition) is 0. The summed E-state index contributed by atoms with van der Waals surface area (Å²) in [7, 11) is 0. The van der Waals surface area contributed by atoms with Gasteiger partial charge in [0, 0.05) is 6.07 Å². The van der Waals surface area contributed by atoms with Gasteiger partial charge in [-0.2, -0.15) is 5.26 Å². The van der Waals surface area contributed by atoms with Gasteiger partial charge in [-0.3, -0.25) is 0 Å². The monoisotopic (exact) mass is 327 g/mol. The van der Waals surface area contributed by atoms with E-state index in [1.807, 2.05) is 18.2 Å². The van der Waals surface area contributed by atoms with Gasteiger partial charge in [0.15, 0.2) is 11.9 Å². The molecule has 0 aromatic heterocycles. The van der Waals surface area contributed by atoms with Crippen LogP contribution < -0.4 is 4.74 Å². The van der Waals surface area contributed by atoms with Crippen LogP contribution in [0.25, 0.3) is 0 Å². The molecule has 1 aromatic carbocycles. The Kier molecular flexibility index (Phi) is 4.70. The van der Waals surface area contributed by atoms with E-state index in [0.29, 0.717) is 22.1 Å². The predicted molar refractivity (Wildman–Crippen MR) is 86.4 cm³/mol. The zero-order chi connectivity index (χ0) is 16.1. The van der Waals surface area contributed by atoms with Gasteiger partial charge in [-0.05, 0) is 30.5 Å². The molecule has 0 spiro atoms. The van der Waals surface area contributed by atoms with Crippen molar-refractivity contribution >= 4 is 11.6 Å². The van der Waals surface area contributed by atoms with Crippen molar-refractivity contribution in [3.8, 4) is 11.8 Å². The molecule has 0 saturated carbocycles. The fourth-order valence-corrected chi connectivity index (χ4v) is 2.56. The maximum absolute atomic E-state index is 8.95. The molecule has 1 heterocycles. The number of allylic oxidation sites excluding steroid dienone is 3. The summed E-state index contributed by atoms with van der Waals surface area (Å²) in [5.41, 5.74) is 1.49. The smallest absolute Gasteiger partial charge is 0.183 e. The highest BCUT2D eigenvalue weighted by Crippen LogP contribution is 2.30. The molecule has 1 unspecified atom stereocenters. The Morgan fingerprint density at radius 1 is 1.30 bits per heavy atom. The maximum Gasteiger partial charge on any atom is 0.183 e. The molecule has 0 amide bonds. The van der Waals surface area contributed by atoms with Gasteiger partial charge in [-0.1, -0.05) is 29.8 Å². The minimum absolute atomic E-state index is 0.357. The summed E-state index contributed by atoms with van der Waals surface area (Å²) in [5.74, 6) is 1.13. The van der Waals surface area contributed by atoms with E-state index in [0.717, 1.165) is 18.4 Å². The molecular formula is C18H14ClNO3. The van der Waals surface area contributed by atoms with Gasteiger partial charge in [-0.15, -0.1) is 0 Å². The summed E-state index contributed by atoms with van der Waals surface area (Å²) < 4.78 is 16.8. The van der Waals surface area contributed by atoms with Crippen molar-refractivity contribution < 1.29 is 14.2 Å². The Bertz CT molecular complexity index is 756. The van der Waals surface area contributed by atoms with Gasteiger partial charge in [0.2, 0.25) is 0 Å². The molecule has 1 aliphatic carbocycles. The van der Waals surface area contributed by atoms with Crippen LogP contribution in [0, 0.1) is 11.3 Å². The molecule has 1 aliphatic heterocycles. The second-order valence-corrected chi connectivity index (χ2v) is 5.41. The van der Waals surface area contributed by atoms with Gasteiger partial charge < -0.3 is 14.2 Å². The van der Waals surface area contributed by atoms with E-state index in [2.05, 4.69) is 6.08 Å². The maximum atomic E-state index is 8.95. The van der Waals surface area contributed by atoms with Gasteiger partial charge >= 0.3 is 0 Å². The van der Waals surface area contributed by atoms with Gasteiger partial charge in [0.1, 0.15) is 30.6 Å². The first kappa shape index (κ1) is 15.3. The van der Waals surface area contributed by atoms with E-state index in [4.69, 9.17) is 31.1 Å². The van der Waals surface area contributed by atoms with Crippen molar-refractivity contribution in [2.45, 2.75) is 18.9 Å². The third-order valence-electron chi connectivity index (χ3n) is 3.48. The van der Waals surface area contributed by atoms with Crippen LogP contribution in [0.5, 0.6) is 5.75 Å². The largest absolute Gasteiger partial charge is 0.478 e. The summed E-state index contributed by atoms with van der Waals surface area (Å²) in [6.07, 6.45) is 12.0. The Labute approximate surface area is 139 Å². The first-order valence-corrected chi connectivity index (χ1v) is 7.55. The van der Waals surface area contributed by atoms with Crippen LogP contribution in [-0.4, -0.2) is 6.10 Å². The lowest BCUT2D eigenvalue weighted by molar-refractivity contribution is 0.159. The summed E-state index contributed by atoms with van der Waals surface area (Å²) in [6.45, 7) is 0. The number of nitrogens with zero attached hydrogens (tertiary/aromatic N) is 1. The van der Waals surface area contributed by atoms with E-state index in [1.165, 1.54) is 18.8 Å². The molecule has 0 saturated heterocycles. The zero-order valence-corrected chi connectivity index (χ0v) is 13.0. The molecule has 2 aliphatic rings. The highest BCUT2D eigenvalue weighted by atomic mass is 35.5. The number of nitriles is 1. The summed E-state index contributed by atoms with van der Waals surface area (Å²) in [4.78, 5) is 0. The predicted octanol–water partition coefficient (Wildman–Crippen LogP) is 4.59. The number of halogens is 1. The standard InChI is InChI=1S/C18H14ClNO3/c19-16-10-15(7-6-14(16)11-20)23-18(13-4-2-1-3-5-13)17-12-21-8-9-22-17/h1-2,4,6-10,12,18H,3,5H2. The number of rotatable bonds is 4. The van der Waals surface area contributed by atoms with Crippen molar-refractivity contribution in [1.29, 1.82) is 5.26 Å². The molecule has 1 atom stereocenters. The fraction of sp³-hybridized carbons (Fsp3) is 0.167. The van der Waals surface area contributed by atoms with Crippen LogP contribution in [0.2, 0.25) is 5.02 Å². The molecule has 5 heteroatoms. The van der Waals surface area contributed by atoms with Crippen LogP contribution in [0.1, 0.15) is 18.4 Å². The average molecular weight is 328 g/mol. The molecule has 116 valence electrons. The Morgan fingerprint density at radius 2 is 2.22 bits per heavy atom. The molecular weight excluding hydrogens is 314 g/mol. The molecule has 23 heavy (non-hydrogen) atoms. The molecule has 0 radical (unpaired) electrons. The Balaban J connectivity index is 1.88. The number of benzene rings is 1. The van der Waals surface area contributed by atoms with Crippen molar-refractivity contribution in [2.75, 3.05) is 0 Å².